The molecule has 4 nitrogen and oxygen atoms in total. The fourth-order valence-corrected chi connectivity index (χ4v) is 2.64. The Labute approximate surface area is 144 Å². The Bertz CT molecular complexity index is 620. The first-order chi connectivity index (χ1) is 11.8. The Hall–Kier alpha value is -2.10. The van der Waals surface area contributed by atoms with Crippen molar-refractivity contribution < 1.29 is 9.53 Å². The summed E-state index contributed by atoms with van der Waals surface area (Å²) in [5, 5.41) is 0. The molecule has 0 N–H and O–H groups in total. The fraction of sp³-hybridized carbons (Fsp3) is 0.500. The summed E-state index contributed by atoms with van der Waals surface area (Å²) in [5.74, 6) is 0.653. The van der Waals surface area contributed by atoms with Gasteiger partial charge in [-0.2, -0.15) is 0 Å². The second-order valence-corrected chi connectivity index (χ2v) is 6.03. The number of imidazole rings is 1. The van der Waals surface area contributed by atoms with Gasteiger partial charge >= 0.3 is 6.09 Å². The van der Waals surface area contributed by atoms with Crippen LogP contribution in [0.2, 0.25) is 0 Å². The van der Waals surface area contributed by atoms with E-state index in [-0.39, 0.29) is 6.09 Å². The molecule has 0 atom stereocenters. The van der Waals surface area contributed by atoms with Gasteiger partial charge in [-0.3, -0.25) is 0 Å². The Morgan fingerprint density at radius 1 is 1.04 bits per heavy atom. The average molecular weight is 328 g/mol. The van der Waals surface area contributed by atoms with Crippen LogP contribution in [0.1, 0.15) is 58.1 Å². The SMILES string of the molecule is CCCCCCCCOC(=O)n1cc(CC)nc1-c1ccccc1. The summed E-state index contributed by atoms with van der Waals surface area (Å²) in [6.07, 6.45) is 9.29. The van der Waals surface area contributed by atoms with Crippen molar-refractivity contribution >= 4 is 6.09 Å². The lowest BCUT2D eigenvalue weighted by Crippen LogP contribution is -2.15. The van der Waals surface area contributed by atoms with E-state index in [1.54, 1.807) is 6.20 Å². The molecule has 2 rings (SSSR count). The average Bonchev–Trinajstić information content (AvgIpc) is 3.06. The maximum absolute atomic E-state index is 12.4. The van der Waals surface area contributed by atoms with Crippen molar-refractivity contribution in [2.75, 3.05) is 6.61 Å². The highest BCUT2D eigenvalue weighted by Gasteiger charge is 2.16. The molecule has 0 saturated heterocycles. The lowest BCUT2D eigenvalue weighted by molar-refractivity contribution is 0.146. The monoisotopic (exact) mass is 328 g/mol. The summed E-state index contributed by atoms with van der Waals surface area (Å²) in [6, 6.07) is 9.76. The summed E-state index contributed by atoms with van der Waals surface area (Å²) in [4.78, 5) is 17.0. The van der Waals surface area contributed by atoms with Gasteiger partial charge in [-0.15, -0.1) is 0 Å². The van der Waals surface area contributed by atoms with Crippen molar-refractivity contribution in [3.8, 4) is 11.4 Å². The van der Waals surface area contributed by atoms with Gasteiger partial charge in [0, 0.05) is 11.8 Å². The van der Waals surface area contributed by atoms with Crippen molar-refractivity contribution in [2.24, 2.45) is 0 Å². The lowest BCUT2D eigenvalue weighted by Gasteiger charge is -2.08. The van der Waals surface area contributed by atoms with Gasteiger partial charge in [0.25, 0.3) is 0 Å². The predicted octanol–water partition coefficient (Wildman–Crippen LogP) is 5.46. The minimum Gasteiger partial charge on any atom is -0.449 e. The largest absolute Gasteiger partial charge is 0.449 e. The number of hydrogen-bond donors (Lipinski definition) is 0. The number of carbonyl (C=O) groups is 1. The van der Waals surface area contributed by atoms with Gasteiger partial charge in [0.05, 0.1) is 12.3 Å². The van der Waals surface area contributed by atoms with E-state index in [0.29, 0.717) is 12.4 Å². The smallest absolute Gasteiger partial charge is 0.419 e. The van der Waals surface area contributed by atoms with Gasteiger partial charge in [-0.1, -0.05) is 76.3 Å². The number of rotatable bonds is 9. The predicted molar refractivity (Wildman–Crippen MR) is 97.2 cm³/mol. The fourth-order valence-electron chi connectivity index (χ4n) is 2.64. The zero-order valence-corrected chi connectivity index (χ0v) is 14.8. The molecule has 1 heterocycles. The third kappa shape index (κ3) is 5.22. The molecule has 1 aromatic heterocycles. The van der Waals surface area contributed by atoms with Crippen LogP contribution in [0, 0.1) is 0 Å². The zero-order valence-electron chi connectivity index (χ0n) is 14.8. The highest BCUT2D eigenvalue weighted by Crippen LogP contribution is 2.19. The molecule has 0 bridgehead atoms. The zero-order chi connectivity index (χ0) is 17.2. The summed E-state index contributed by atoms with van der Waals surface area (Å²) >= 11 is 0. The van der Waals surface area contributed by atoms with E-state index in [9.17, 15) is 4.79 Å². The molecule has 0 aliphatic carbocycles. The Balaban J connectivity index is 1.93. The maximum Gasteiger partial charge on any atom is 0.419 e. The lowest BCUT2D eigenvalue weighted by atomic mass is 10.1. The van der Waals surface area contributed by atoms with Gasteiger partial charge in [-0.05, 0) is 12.8 Å². The number of carbonyl (C=O) groups excluding carboxylic acids is 1. The number of aromatic nitrogens is 2. The van der Waals surface area contributed by atoms with Crippen molar-refractivity contribution in [2.45, 2.75) is 58.8 Å². The molecule has 0 unspecified atom stereocenters. The number of benzene rings is 1. The van der Waals surface area contributed by atoms with Crippen LogP contribution in [-0.2, 0) is 11.2 Å². The van der Waals surface area contributed by atoms with Crippen LogP contribution in [0.4, 0.5) is 4.79 Å². The first kappa shape index (κ1) is 18.2. The maximum atomic E-state index is 12.4. The molecular formula is C20H28N2O2. The van der Waals surface area contributed by atoms with Crippen molar-refractivity contribution in [1.29, 1.82) is 0 Å². The molecule has 1 aromatic carbocycles. The standard InChI is InChI=1S/C20H28N2O2/c1-3-5-6-7-8-12-15-24-20(23)22-16-18(4-2)21-19(22)17-13-10-9-11-14-17/h9-11,13-14,16H,3-8,12,15H2,1-2H3. The molecule has 2 aromatic rings. The van der Waals surface area contributed by atoms with Crippen molar-refractivity contribution in [3.63, 3.8) is 0 Å². The third-order valence-electron chi connectivity index (χ3n) is 4.07. The van der Waals surface area contributed by atoms with Gasteiger partial charge in [0.1, 0.15) is 5.82 Å². The number of hydrogen-bond acceptors (Lipinski definition) is 3. The molecule has 0 aliphatic rings. The van der Waals surface area contributed by atoms with E-state index < -0.39 is 0 Å². The van der Waals surface area contributed by atoms with Crippen LogP contribution in [0.25, 0.3) is 11.4 Å². The topological polar surface area (TPSA) is 44.1 Å². The molecular weight excluding hydrogens is 300 g/mol. The molecule has 0 spiro atoms. The van der Waals surface area contributed by atoms with Crippen LogP contribution in [0.3, 0.4) is 0 Å². The normalized spacial score (nSPS) is 10.8. The first-order valence-electron chi connectivity index (χ1n) is 9.07. The molecule has 0 amide bonds. The molecule has 0 fully saturated rings. The molecule has 4 heteroatoms. The van der Waals surface area contributed by atoms with Crippen LogP contribution >= 0.6 is 0 Å². The van der Waals surface area contributed by atoms with E-state index in [0.717, 1.165) is 30.5 Å². The van der Waals surface area contributed by atoms with Crippen LogP contribution in [0.15, 0.2) is 36.5 Å². The van der Waals surface area contributed by atoms with Crippen LogP contribution < -0.4 is 0 Å². The molecule has 24 heavy (non-hydrogen) atoms. The molecule has 0 radical (unpaired) electrons. The second-order valence-electron chi connectivity index (χ2n) is 6.03. The van der Waals surface area contributed by atoms with Crippen LogP contribution in [-0.4, -0.2) is 22.3 Å². The Morgan fingerprint density at radius 2 is 1.75 bits per heavy atom. The van der Waals surface area contributed by atoms with Gasteiger partial charge in [0.15, 0.2) is 0 Å². The number of ether oxygens (including phenoxy) is 1. The van der Waals surface area contributed by atoms with E-state index in [1.165, 1.54) is 30.3 Å². The first-order valence-corrected chi connectivity index (χ1v) is 9.07. The summed E-state index contributed by atoms with van der Waals surface area (Å²) < 4.78 is 6.97. The highest BCUT2D eigenvalue weighted by molar-refractivity contribution is 5.77. The van der Waals surface area contributed by atoms with E-state index >= 15 is 0 Å². The van der Waals surface area contributed by atoms with E-state index in [4.69, 9.17) is 4.74 Å². The molecule has 0 aliphatic heterocycles. The molecule has 0 saturated carbocycles. The number of unbranched alkanes of at least 4 members (excludes halogenated alkanes) is 5. The number of aryl methyl sites for hydroxylation is 1. The minimum absolute atomic E-state index is 0.338. The summed E-state index contributed by atoms with van der Waals surface area (Å²) in [6.45, 7) is 4.71. The summed E-state index contributed by atoms with van der Waals surface area (Å²) in [5.41, 5.74) is 1.82. The van der Waals surface area contributed by atoms with Gasteiger partial charge in [0.2, 0.25) is 0 Å². The van der Waals surface area contributed by atoms with Crippen molar-refractivity contribution in [3.05, 3.63) is 42.2 Å². The minimum atomic E-state index is -0.338. The Kier molecular flexibility index (Phi) is 7.53. The number of nitrogens with zero attached hydrogens (tertiary/aromatic N) is 2. The van der Waals surface area contributed by atoms with Gasteiger partial charge in [-0.25, -0.2) is 14.3 Å². The van der Waals surface area contributed by atoms with Crippen LogP contribution in [0.5, 0.6) is 0 Å². The van der Waals surface area contributed by atoms with E-state index in [2.05, 4.69) is 11.9 Å². The second kappa shape index (κ2) is 9.91. The van der Waals surface area contributed by atoms with Gasteiger partial charge < -0.3 is 4.74 Å². The third-order valence-corrected chi connectivity index (χ3v) is 4.07. The quantitative estimate of drug-likeness (QED) is 0.574. The molecule has 130 valence electrons. The van der Waals surface area contributed by atoms with E-state index in [1.807, 2.05) is 37.3 Å². The summed E-state index contributed by atoms with van der Waals surface area (Å²) in [7, 11) is 0. The van der Waals surface area contributed by atoms with Crippen molar-refractivity contribution in [1.82, 2.24) is 9.55 Å². The Morgan fingerprint density at radius 3 is 2.46 bits per heavy atom. The highest BCUT2D eigenvalue weighted by atomic mass is 16.5.